The molecule has 0 spiro atoms. The Hall–Kier alpha value is -1.18. The quantitative estimate of drug-likeness (QED) is 0.603. The van der Waals surface area contributed by atoms with Crippen molar-refractivity contribution in [2.75, 3.05) is 12.8 Å². The van der Waals surface area contributed by atoms with E-state index >= 15 is 0 Å². The van der Waals surface area contributed by atoms with Gasteiger partial charge in [-0.15, -0.1) is 12.4 Å². The Morgan fingerprint density at radius 2 is 2.11 bits per heavy atom. The van der Waals surface area contributed by atoms with Crippen molar-refractivity contribution in [3.05, 3.63) is 23.9 Å². The van der Waals surface area contributed by atoms with Crippen LogP contribution in [0.1, 0.15) is 30.1 Å². The molecule has 0 bridgehead atoms. The van der Waals surface area contributed by atoms with E-state index in [4.69, 9.17) is 0 Å². The van der Waals surface area contributed by atoms with E-state index in [0.717, 1.165) is 19.1 Å². The number of nitrogens with one attached hydrogen (secondary N) is 2. The molecule has 108 valence electrons. The van der Waals surface area contributed by atoms with E-state index in [9.17, 15) is 13.2 Å². The van der Waals surface area contributed by atoms with Gasteiger partial charge in [-0.05, 0) is 18.6 Å². The number of amides is 1. The van der Waals surface area contributed by atoms with Gasteiger partial charge in [0.1, 0.15) is 0 Å². The first-order valence-corrected chi connectivity index (χ1v) is 7.53. The molecule has 0 aromatic carbocycles. The fraction of sp³-hybridized carbons (Fsp3) is 0.455. The van der Waals surface area contributed by atoms with Gasteiger partial charge < -0.3 is 0 Å². The maximum Gasteiger partial charge on any atom is 0.265 e. The molecule has 19 heavy (non-hydrogen) atoms. The number of carbonyl (C=O) groups excluding carboxylic acids is 1. The molecule has 0 unspecified atom stereocenters. The van der Waals surface area contributed by atoms with Crippen molar-refractivity contribution < 1.29 is 13.2 Å². The second kappa shape index (κ2) is 8.08. The third-order valence-corrected chi connectivity index (χ3v) is 3.22. The highest BCUT2D eigenvalue weighted by Crippen LogP contribution is 2.07. The van der Waals surface area contributed by atoms with Gasteiger partial charge >= 0.3 is 0 Å². The minimum absolute atomic E-state index is 0. The molecule has 0 saturated heterocycles. The molecule has 1 rings (SSSR count). The third kappa shape index (κ3) is 6.00. The van der Waals surface area contributed by atoms with Crippen LogP contribution in [-0.2, 0) is 9.84 Å². The maximum atomic E-state index is 11.7. The van der Waals surface area contributed by atoms with Gasteiger partial charge in [0, 0.05) is 24.6 Å². The van der Waals surface area contributed by atoms with Gasteiger partial charge in [0.25, 0.3) is 5.91 Å². The highest BCUT2D eigenvalue weighted by Gasteiger charge is 2.12. The Labute approximate surface area is 119 Å². The highest BCUT2D eigenvalue weighted by atomic mass is 35.5. The Morgan fingerprint density at radius 1 is 1.42 bits per heavy atom. The van der Waals surface area contributed by atoms with Crippen LogP contribution in [0.3, 0.4) is 0 Å². The number of pyridine rings is 1. The molecule has 0 aliphatic carbocycles. The minimum Gasteiger partial charge on any atom is -0.287 e. The number of rotatable bonds is 6. The zero-order valence-electron chi connectivity index (χ0n) is 10.8. The first-order chi connectivity index (χ1) is 8.45. The summed E-state index contributed by atoms with van der Waals surface area (Å²) in [6, 6.07) is 2.72. The average molecular weight is 308 g/mol. The summed E-state index contributed by atoms with van der Waals surface area (Å²) < 4.78 is 22.6. The predicted molar refractivity (Wildman–Crippen MR) is 75.0 cm³/mol. The van der Waals surface area contributed by atoms with E-state index in [-0.39, 0.29) is 28.9 Å². The molecule has 1 aromatic heterocycles. The first kappa shape index (κ1) is 17.8. The van der Waals surface area contributed by atoms with Crippen LogP contribution in [0.4, 0.5) is 0 Å². The van der Waals surface area contributed by atoms with E-state index in [1.165, 1.54) is 18.3 Å². The summed E-state index contributed by atoms with van der Waals surface area (Å²) in [7, 11) is -3.40. The van der Waals surface area contributed by atoms with Gasteiger partial charge in [-0.25, -0.2) is 18.8 Å². The number of nitrogens with zero attached hydrogens (tertiary/aromatic N) is 1. The molecule has 0 atom stereocenters. The van der Waals surface area contributed by atoms with Crippen molar-refractivity contribution in [1.29, 1.82) is 0 Å². The summed E-state index contributed by atoms with van der Waals surface area (Å²) in [6.07, 6.45) is 4.33. The number of hydrogen-bond donors (Lipinski definition) is 2. The fourth-order valence-corrected chi connectivity index (χ4v) is 1.83. The second-order valence-corrected chi connectivity index (χ2v) is 5.85. The lowest BCUT2D eigenvalue weighted by molar-refractivity contribution is 0.0932. The number of hydrazine groups is 1. The average Bonchev–Trinajstić information content (AvgIpc) is 2.33. The lowest BCUT2D eigenvalue weighted by Gasteiger charge is -2.07. The fourth-order valence-electron chi connectivity index (χ4n) is 1.23. The van der Waals surface area contributed by atoms with Crippen molar-refractivity contribution in [3.8, 4) is 0 Å². The van der Waals surface area contributed by atoms with Crippen LogP contribution in [0.2, 0.25) is 0 Å². The van der Waals surface area contributed by atoms with Crippen molar-refractivity contribution in [1.82, 2.24) is 15.8 Å². The minimum atomic E-state index is -3.40. The summed E-state index contributed by atoms with van der Waals surface area (Å²) in [6.45, 7) is 2.72. The van der Waals surface area contributed by atoms with Crippen molar-refractivity contribution in [2.24, 2.45) is 0 Å². The molecule has 1 heterocycles. The largest absolute Gasteiger partial charge is 0.287 e. The SMILES string of the molecule is CCCCNNC(=O)c1ccnc(S(C)(=O)=O)c1.Cl. The van der Waals surface area contributed by atoms with E-state index in [1.54, 1.807) is 0 Å². The van der Waals surface area contributed by atoms with Crippen molar-refractivity contribution in [2.45, 2.75) is 24.8 Å². The predicted octanol–water partition coefficient (Wildman–Crippen LogP) is 0.941. The van der Waals surface area contributed by atoms with Crippen LogP contribution < -0.4 is 10.9 Å². The summed E-state index contributed by atoms with van der Waals surface area (Å²) in [5.41, 5.74) is 5.53. The second-order valence-electron chi connectivity index (χ2n) is 3.89. The van der Waals surface area contributed by atoms with Gasteiger partial charge in [0.15, 0.2) is 14.9 Å². The Balaban J connectivity index is 0.00000324. The molecular formula is C11H18ClN3O3S. The monoisotopic (exact) mass is 307 g/mol. The number of halogens is 1. The Kier molecular flexibility index (Phi) is 7.58. The van der Waals surface area contributed by atoms with E-state index in [1.807, 2.05) is 6.92 Å². The lowest BCUT2D eigenvalue weighted by atomic mass is 10.2. The summed E-state index contributed by atoms with van der Waals surface area (Å²) in [4.78, 5) is 15.4. The number of sulfone groups is 1. The lowest BCUT2D eigenvalue weighted by Crippen LogP contribution is -2.37. The molecule has 6 nitrogen and oxygen atoms in total. The molecule has 0 radical (unpaired) electrons. The molecule has 8 heteroatoms. The standard InChI is InChI=1S/C11H17N3O3S.ClH/c1-3-4-6-13-14-11(15)9-5-7-12-10(8-9)18(2,16)17;/h5,7-8,13H,3-4,6H2,1-2H3,(H,14,15);1H. The van der Waals surface area contributed by atoms with Crippen LogP contribution >= 0.6 is 12.4 Å². The van der Waals surface area contributed by atoms with Crippen LogP contribution in [-0.4, -0.2) is 32.1 Å². The van der Waals surface area contributed by atoms with Gasteiger partial charge in [-0.1, -0.05) is 13.3 Å². The molecule has 1 aromatic rings. The van der Waals surface area contributed by atoms with Gasteiger partial charge in [0.2, 0.25) is 0 Å². The number of aromatic nitrogens is 1. The first-order valence-electron chi connectivity index (χ1n) is 5.64. The molecule has 0 aliphatic rings. The topological polar surface area (TPSA) is 88.2 Å². The molecule has 0 aliphatic heterocycles. The maximum absolute atomic E-state index is 11.7. The molecule has 1 amide bonds. The van der Waals surface area contributed by atoms with Crippen LogP contribution in [0.15, 0.2) is 23.4 Å². The zero-order valence-corrected chi connectivity index (χ0v) is 12.5. The van der Waals surface area contributed by atoms with E-state index in [0.29, 0.717) is 6.54 Å². The normalized spacial score (nSPS) is 10.6. The van der Waals surface area contributed by atoms with Crippen LogP contribution in [0, 0.1) is 0 Å². The van der Waals surface area contributed by atoms with Crippen molar-refractivity contribution >= 4 is 28.2 Å². The highest BCUT2D eigenvalue weighted by molar-refractivity contribution is 7.90. The number of unbranched alkanes of at least 4 members (excludes halogenated alkanes) is 1. The number of carbonyl (C=O) groups is 1. The van der Waals surface area contributed by atoms with E-state index in [2.05, 4.69) is 15.8 Å². The Bertz CT molecular complexity index is 520. The molecule has 2 N–H and O–H groups in total. The zero-order chi connectivity index (χ0) is 13.6. The van der Waals surface area contributed by atoms with Crippen molar-refractivity contribution in [3.63, 3.8) is 0 Å². The number of hydrogen-bond acceptors (Lipinski definition) is 5. The van der Waals surface area contributed by atoms with Gasteiger partial charge in [-0.2, -0.15) is 0 Å². The smallest absolute Gasteiger partial charge is 0.265 e. The Morgan fingerprint density at radius 3 is 2.68 bits per heavy atom. The third-order valence-electron chi connectivity index (χ3n) is 2.23. The van der Waals surface area contributed by atoms with Gasteiger partial charge in [0.05, 0.1) is 0 Å². The van der Waals surface area contributed by atoms with E-state index < -0.39 is 9.84 Å². The molecular weight excluding hydrogens is 290 g/mol. The van der Waals surface area contributed by atoms with Crippen LogP contribution in [0.25, 0.3) is 0 Å². The van der Waals surface area contributed by atoms with Crippen LogP contribution in [0.5, 0.6) is 0 Å². The summed E-state index contributed by atoms with van der Waals surface area (Å²) >= 11 is 0. The summed E-state index contributed by atoms with van der Waals surface area (Å²) in [5.74, 6) is -0.376. The molecule has 0 saturated carbocycles. The summed E-state index contributed by atoms with van der Waals surface area (Å²) in [5, 5.41) is -0.108. The van der Waals surface area contributed by atoms with Gasteiger partial charge in [-0.3, -0.25) is 10.2 Å². The molecule has 0 fully saturated rings.